The Morgan fingerprint density at radius 2 is 1.30 bits per heavy atom. The smallest absolute Gasteiger partial charge is 0.308 e. The molecule has 0 heterocycles. The van der Waals surface area contributed by atoms with E-state index >= 15 is 0 Å². The van der Waals surface area contributed by atoms with Crippen LogP contribution in [0, 0.1) is 17.8 Å². The second kappa shape index (κ2) is 16.8. The van der Waals surface area contributed by atoms with Gasteiger partial charge in [-0.15, -0.1) is 0 Å². The van der Waals surface area contributed by atoms with Crippen LogP contribution in [0.25, 0.3) is 10.8 Å². The van der Waals surface area contributed by atoms with Gasteiger partial charge in [-0.3, -0.25) is 9.59 Å². The zero-order chi connectivity index (χ0) is 33.1. The van der Waals surface area contributed by atoms with Crippen LogP contribution in [0.3, 0.4) is 0 Å². The highest BCUT2D eigenvalue weighted by atomic mass is 16.5. The quantitative estimate of drug-likeness (QED) is 0.109. The molecule has 2 unspecified atom stereocenters. The van der Waals surface area contributed by atoms with Gasteiger partial charge in [0.2, 0.25) is 0 Å². The number of carbonyl (C=O) groups excluding carboxylic acids is 2. The van der Waals surface area contributed by atoms with E-state index in [1.54, 1.807) is 0 Å². The molecule has 0 aromatic heterocycles. The lowest BCUT2D eigenvalue weighted by Crippen LogP contribution is -2.22. The molecule has 0 aliphatic carbocycles. The third-order valence-corrected chi connectivity index (χ3v) is 9.88. The van der Waals surface area contributed by atoms with Crippen molar-refractivity contribution < 1.29 is 19.1 Å². The Morgan fingerprint density at radius 3 is 1.82 bits per heavy atom. The van der Waals surface area contributed by atoms with E-state index in [1.807, 2.05) is 31.2 Å². The number of fused-ring (bicyclic) bond motifs is 1. The molecule has 2 aromatic carbocycles. The summed E-state index contributed by atoms with van der Waals surface area (Å²) in [6, 6.07) is 7.64. The van der Waals surface area contributed by atoms with Gasteiger partial charge in [-0.2, -0.15) is 0 Å². The van der Waals surface area contributed by atoms with E-state index < -0.39 is 0 Å². The molecule has 0 saturated carbocycles. The second-order valence-corrected chi connectivity index (χ2v) is 13.1. The van der Waals surface area contributed by atoms with Crippen molar-refractivity contribution in [1.29, 1.82) is 0 Å². The minimum atomic E-state index is -0.372. The molecule has 0 amide bonds. The molecule has 4 heteroatoms. The van der Waals surface area contributed by atoms with Crippen LogP contribution in [0.5, 0.6) is 11.5 Å². The van der Waals surface area contributed by atoms with Crippen LogP contribution in [0.15, 0.2) is 59.2 Å². The molecule has 0 saturated heterocycles. The SMILES string of the molecule is CCCC(CC)(CC/C=C(\C)C(C)(CC)CCC=C(C)C)/C(C)=C/Cc1c(C)c(OC(C)=O)c2ccccc2c1OC(C)=O. The van der Waals surface area contributed by atoms with Gasteiger partial charge in [-0.25, -0.2) is 0 Å². The van der Waals surface area contributed by atoms with Crippen LogP contribution >= 0.6 is 0 Å². The third-order valence-electron chi connectivity index (χ3n) is 9.88. The van der Waals surface area contributed by atoms with Crippen LogP contribution in [-0.4, -0.2) is 11.9 Å². The highest BCUT2D eigenvalue weighted by molar-refractivity contribution is 5.98. The first-order valence-electron chi connectivity index (χ1n) is 16.6. The normalized spacial score (nSPS) is 15.0. The van der Waals surface area contributed by atoms with Gasteiger partial charge in [0.25, 0.3) is 0 Å². The molecule has 242 valence electrons. The topological polar surface area (TPSA) is 52.6 Å². The van der Waals surface area contributed by atoms with Crippen LogP contribution in [-0.2, 0) is 16.0 Å². The number of rotatable bonds is 16. The Bertz CT molecular complexity index is 1390. The van der Waals surface area contributed by atoms with E-state index in [1.165, 1.54) is 37.0 Å². The summed E-state index contributed by atoms with van der Waals surface area (Å²) in [4.78, 5) is 24.3. The maximum absolute atomic E-state index is 12.2. The summed E-state index contributed by atoms with van der Waals surface area (Å²) in [5.41, 5.74) is 6.26. The van der Waals surface area contributed by atoms with Crippen molar-refractivity contribution in [3.63, 3.8) is 0 Å². The number of carbonyl (C=O) groups is 2. The molecule has 2 rings (SSSR count). The van der Waals surface area contributed by atoms with Crippen molar-refractivity contribution in [2.75, 3.05) is 0 Å². The highest BCUT2D eigenvalue weighted by Gasteiger charge is 2.30. The fraction of sp³-hybridized carbons (Fsp3) is 0.550. The van der Waals surface area contributed by atoms with E-state index in [-0.39, 0.29) is 22.8 Å². The predicted octanol–water partition coefficient (Wildman–Crippen LogP) is 11.6. The standard InChI is InChI=1S/C40H58O4/c1-12-25-40(14-3,27-18-20-29(6)39(11,13-2)26-17-19-28(4)5)30(7)23-24-34-31(8)37(43-32(9)41)35-21-15-16-22-36(35)38(34)44-33(10)42/h15-16,19-23H,12-14,17-18,24-27H2,1-11H3/b29-20+,30-23+. The minimum Gasteiger partial charge on any atom is -0.426 e. The summed E-state index contributed by atoms with van der Waals surface area (Å²) in [6.07, 6.45) is 16.6. The van der Waals surface area contributed by atoms with E-state index in [9.17, 15) is 9.59 Å². The molecule has 0 radical (unpaired) electrons. The number of esters is 2. The van der Waals surface area contributed by atoms with Crippen molar-refractivity contribution in [3.8, 4) is 11.5 Å². The fourth-order valence-corrected chi connectivity index (χ4v) is 6.58. The van der Waals surface area contributed by atoms with Gasteiger partial charge in [0.05, 0.1) is 0 Å². The number of hydrogen-bond acceptors (Lipinski definition) is 4. The average molecular weight is 603 g/mol. The molecule has 0 bridgehead atoms. The molecule has 0 aliphatic rings. The molecule has 44 heavy (non-hydrogen) atoms. The molecule has 2 atom stereocenters. The molecule has 2 aromatic rings. The van der Waals surface area contributed by atoms with E-state index in [4.69, 9.17) is 9.47 Å². The molecule has 0 N–H and O–H groups in total. The zero-order valence-corrected chi connectivity index (χ0v) is 29.5. The largest absolute Gasteiger partial charge is 0.426 e. The summed E-state index contributed by atoms with van der Waals surface area (Å²) in [6.45, 7) is 23.0. The summed E-state index contributed by atoms with van der Waals surface area (Å²) >= 11 is 0. The minimum absolute atomic E-state index is 0.0846. The molecular formula is C40H58O4. The second-order valence-electron chi connectivity index (χ2n) is 13.1. The van der Waals surface area contributed by atoms with Crippen LogP contribution in [0.4, 0.5) is 0 Å². The van der Waals surface area contributed by atoms with Crippen molar-refractivity contribution in [2.45, 2.75) is 134 Å². The lowest BCUT2D eigenvalue weighted by molar-refractivity contribution is -0.133. The Hall–Kier alpha value is -3.14. The summed E-state index contributed by atoms with van der Waals surface area (Å²) in [5, 5.41) is 1.53. The van der Waals surface area contributed by atoms with Gasteiger partial charge in [0.1, 0.15) is 11.5 Å². The van der Waals surface area contributed by atoms with E-state index in [0.29, 0.717) is 17.9 Å². The predicted molar refractivity (Wildman–Crippen MR) is 186 cm³/mol. The molecule has 4 nitrogen and oxygen atoms in total. The monoisotopic (exact) mass is 602 g/mol. The Labute approximate surface area is 268 Å². The van der Waals surface area contributed by atoms with Gasteiger partial charge in [0.15, 0.2) is 0 Å². The maximum atomic E-state index is 12.2. The van der Waals surface area contributed by atoms with Gasteiger partial charge in [0, 0.05) is 30.2 Å². The number of hydrogen-bond donors (Lipinski definition) is 0. The van der Waals surface area contributed by atoms with Crippen LogP contribution in [0.2, 0.25) is 0 Å². The van der Waals surface area contributed by atoms with Gasteiger partial charge in [-0.05, 0) is 102 Å². The zero-order valence-electron chi connectivity index (χ0n) is 29.5. The lowest BCUT2D eigenvalue weighted by Gasteiger charge is -2.35. The highest BCUT2D eigenvalue weighted by Crippen LogP contribution is 2.45. The van der Waals surface area contributed by atoms with Crippen molar-refractivity contribution in [2.24, 2.45) is 10.8 Å². The summed E-state index contributed by atoms with van der Waals surface area (Å²) in [5.74, 6) is 0.342. The first-order chi connectivity index (χ1) is 20.7. The lowest BCUT2D eigenvalue weighted by atomic mass is 9.70. The van der Waals surface area contributed by atoms with Crippen molar-refractivity contribution in [1.82, 2.24) is 0 Å². The Kier molecular flexibility index (Phi) is 14.1. The molecule has 0 spiro atoms. The van der Waals surface area contributed by atoms with Gasteiger partial charge >= 0.3 is 11.9 Å². The van der Waals surface area contributed by atoms with Crippen molar-refractivity contribution in [3.05, 3.63) is 70.3 Å². The first kappa shape index (κ1) is 37.0. The molecule has 0 fully saturated rings. The first-order valence-corrected chi connectivity index (χ1v) is 16.6. The third kappa shape index (κ3) is 9.43. The fourth-order valence-electron chi connectivity index (χ4n) is 6.58. The van der Waals surface area contributed by atoms with Crippen LogP contribution in [0.1, 0.15) is 132 Å². The molecule has 0 aliphatic heterocycles. The number of benzene rings is 2. The summed E-state index contributed by atoms with van der Waals surface area (Å²) < 4.78 is 11.6. The summed E-state index contributed by atoms with van der Waals surface area (Å²) in [7, 11) is 0. The van der Waals surface area contributed by atoms with Crippen LogP contribution < -0.4 is 9.47 Å². The molecular weight excluding hydrogens is 544 g/mol. The van der Waals surface area contributed by atoms with Gasteiger partial charge < -0.3 is 9.47 Å². The van der Waals surface area contributed by atoms with E-state index in [2.05, 4.69) is 73.6 Å². The number of allylic oxidation sites excluding steroid dienone is 6. The number of ether oxygens (including phenoxy) is 2. The Balaban J connectivity index is 2.50. The van der Waals surface area contributed by atoms with E-state index in [0.717, 1.165) is 66.8 Å². The average Bonchev–Trinajstić information content (AvgIpc) is 2.97. The Morgan fingerprint density at radius 1 is 0.727 bits per heavy atom. The maximum Gasteiger partial charge on any atom is 0.308 e. The van der Waals surface area contributed by atoms with Gasteiger partial charge in [-0.1, -0.05) is 93.3 Å². The van der Waals surface area contributed by atoms with Crippen molar-refractivity contribution >= 4 is 22.7 Å².